The van der Waals surface area contributed by atoms with E-state index in [4.69, 9.17) is 9.47 Å². The first-order valence-electron chi connectivity index (χ1n) is 7.48. The van der Waals surface area contributed by atoms with Crippen LogP contribution in [0.15, 0.2) is 29.8 Å². The zero-order valence-electron chi connectivity index (χ0n) is 13.9. The van der Waals surface area contributed by atoms with Crippen LogP contribution < -0.4 is 0 Å². The summed E-state index contributed by atoms with van der Waals surface area (Å²) in [6.45, 7) is 8.62. The smallest absolute Gasteiger partial charge is 0.305 e. The molecular formula is C18H24O4. The molecule has 0 amide bonds. The van der Waals surface area contributed by atoms with Crippen LogP contribution in [0.4, 0.5) is 0 Å². The van der Waals surface area contributed by atoms with Crippen molar-refractivity contribution in [3.05, 3.63) is 41.0 Å². The van der Waals surface area contributed by atoms with Crippen molar-refractivity contribution >= 4 is 18.0 Å². The molecule has 0 radical (unpaired) electrons. The maximum absolute atomic E-state index is 11.3. The van der Waals surface area contributed by atoms with Gasteiger partial charge in [-0.1, -0.05) is 45.0 Å². The summed E-state index contributed by atoms with van der Waals surface area (Å²) in [6, 6.07) is 8.08. The molecule has 0 N–H and O–H groups in total. The van der Waals surface area contributed by atoms with Gasteiger partial charge in [0.15, 0.2) is 0 Å². The molecule has 0 spiro atoms. The molecule has 0 aliphatic carbocycles. The van der Waals surface area contributed by atoms with Gasteiger partial charge >= 0.3 is 11.9 Å². The fourth-order valence-corrected chi connectivity index (χ4v) is 2.06. The van der Waals surface area contributed by atoms with Crippen molar-refractivity contribution in [1.29, 1.82) is 0 Å². The summed E-state index contributed by atoms with van der Waals surface area (Å²) in [5, 5.41) is 0. The van der Waals surface area contributed by atoms with Gasteiger partial charge in [0.2, 0.25) is 0 Å². The van der Waals surface area contributed by atoms with Gasteiger partial charge in [-0.25, -0.2) is 0 Å². The molecule has 0 saturated carbocycles. The van der Waals surface area contributed by atoms with Gasteiger partial charge in [-0.3, -0.25) is 9.59 Å². The fraction of sp³-hybridized carbons (Fsp3) is 0.444. The Morgan fingerprint density at radius 1 is 1.14 bits per heavy atom. The number of esters is 2. The molecule has 0 unspecified atom stereocenters. The first kappa shape index (κ1) is 18.0. The number of benzene rings is 1. The summed E-state index contributed by atoms with van der Waals surface area (Å²) in [4.78, 5) is 22.5. The summed E-state index contributed by atoms with van der Waals surface area (Å²) in [6.07, 6.45) is 1.87. The van der Waals surface area contributed by atoms with E-state index in [2.05, 4.69) is 19.1 Å². The monoisotopic (exact) mass is 304 g/mol. The van der Waals surface area contributed by atoms with Crippen LogP contribution >= 0.6 is 0 Å². The molecule has 0 saturated heterocycles. The van der Waals surface area contributed by atoms with Crippen molar-refractivity contribution in [2.45, 2.75) is 47.3 Å². The quantitative estimate of drug-likeness (QED) is 0.593. The third-order valence-electron chi connectivity index (χ3n) is 3.18. The summed E-state index contributed by atoms with van der Waals surface area (Å²) >= 11 is 0. The van der Waals surface area contributed by atoms with Crippen LogP contribution in [0.2, 0.25) is 0 Å². The van der Waals surface area contributed by atoms with E-state index < -0.39 is 18.2 Å². The molecule has 0 atom stereocenters. The molecular weight excluding hydrogens is 280 g/mol. The normalized spacial score (nSPS) is 11.7. The van der Waals surface area contributed by atoms with Crippen LogP contribution in [0.5, 0.6) is 0 Å². The van der Waals surface area contributed by atoms with Crippen LogP contribution in [0.25, 0.3) is 6.08 Å². The molecule has 4 heteroatoms. The van der Waals surface area contributed by atoms with E-state index in [9.17, 15) is 9.59 Å². The second-order valence-electron chi connectivity index (χ2n) is 5.45. The van der Waals surface area contributed by atoms with Gasteiger partial charge in [-0.2, -0.15) is 0 Å². The van der Waals surface area contributed by atoms with E-state index in [1.54, 1.807) is 0 Å². The summed E-state index contributed by atoms with van der Waals surface area (Å²) < 4.78 is 10.3. The Morgan fingerprint density at radius 3 is 2.18 bits per heavy atom. The molecule has 1 aromatic carbocycles. The zero-order chi connectivity index (χ0) is 16.7. The molecule has 0 bridgehead atoms. The molecule has 0 aliphatic heterocycles. The lowest BCUT2D eigenvalue weighted by Crippen LogP contribution is -2.26. The van der Waals surface area contributed by atoms with Crippen molar-refractivity contribution in [3.8, 4) is 0 Å². The largest absolute Gasteiger partial charge is 0.421 e. The highest BCUT2D eigenvalue weighted by atomic mass is 16.7. The summed E-state index contributed by atoms with van der Waals surface area (Å²) in [5.74, 6) is -0.908. The minimum atomic E-state index is -0.986. The van der Waals surface area contributed by atoms with Gasteiger partial charge in [0, 0.05) is 19.4 Å². The van der Waals surface area contributed by atoms with Gasteiger partial charge in [-0.05, 0) is 29.5 Å². The maximum atomic E-state index is 11.3. The van der Waals surface area contributed by atoms with E-state index in [0.717, 1.165) is 17.6 Å². The Morgan fingerprint density at radius 2 is 1.73 bits per heavy atom. The van der Waals surface area contributed by atoms with Crippen LogP contribution in [0.1, 0.15) is 45.7 Å². The highest BCUT2D eigenvalue weighted by Gasteiger charge is 2.23. The molecule has 4 nitrogen and oxygen atoms in total. The number of carbonyl (C=O) groups excluding carboxylic acids is 2. The van der Waals surface area contributed by atoms with Gasteiger partial charge in [0.05, 0.1) is 0 Å². The van der Waals surface area contributed by atoms with Gasteiger partial charge in [0.25, 0.3) is 6.29 Å². The molecule has 1 aromatic rings. The number of hydrogen-bond acceptors (Lipinski definition) is 4. The Labute approximate surface area is 132 Å². The average molecular weight is 304 g/mol. The van der Waals surface area contributed by atoms with Crippen LogP contribution in [0, 0.1) is 5.92 Å². The van der Waals surface area contributed by atoms with Crippen LogP contribution in [-0.4, -0.2) is 18.2 Å². The van der Waals surface area contributed by atoms with Crippen molar-refractivity contribution in [3.63, 3.8) is 0 Å². The van der Waals surface area contributed by atoms with E-state index in [-0.39, 0.29) is 5.92 Å². The van der Waals surface area contributed by atoms with E-state index in [0.29, 0.717) is 0 Å². The highest BCUT2D eigenvalue weighted by Crippen LogP contribution is 2.22. The first-order valence-corrected chi connectivity index (χ1v) is 7.48. The van der Waals surface area contributed by atoms with Gasteiger partial charge < -0.3 is 9.47 Å². The van der Waals surface area contributed by atoms with Crippen molar-refractivity contribution in [2.75, 3.05) is 0 Å². The molecule has 1 rings (SSSR count). The molecule has 22 heavy (non-hydrogen) atoms. The third-order valence-corrected chi connectivity index (χ3v) is 3.18. The minimum absolute atomic E-state index is 0.0639. The number of carbonyl (C=O) groups is 2. The van der Waals surface area contributed by atoms with E-state index in [1.807, 2.05) is 32.1 Å². The standard InChI is InChI=1S/C18H24O4/c1-6-15-8-7-9-16(10-15)11-17(12(2)3)18(21-13(4)19)22-14(5)20/h7-12,18H,6H2,1-5H3. The molecule has 0 aliphatic rings. The van der Waals surface area contributed by atoms with Crippen molar-refractivity contribution < 1.29 is 19.1 Å². The van der Waals surface area contributed by atoms with Gasteiger partial charge in [0.1, 0.15) is 0 Å². The first-order chi connectivity index (χ1) is 10.3. The van der Waals surface area contributed by atoms with Crippen molar-refractivity contribution in [1.82, 2.24) is 0 Å². The predicted molar refractivity (Wildman–Crippen MR) is 86.0 cm³/mol. The Kier molecular flexibility index (Phi) is 6.83. The number of ether oxygens (including phenoxy) is 2. The zero-order valence-corrected chi connectivity index (χ0v) is 13.9. The van der Waals surface area contributed by atoms with Crippen molar-refractivity contribution in [2.24, 2.45) is 5.92 Å². The molecule has 120 valence electrons. The number of aryl methyl sites for hydroxylation is 1. The third kappa shape index (κ3) is 5.72. The maximum Gasteiger partial charge on any atom is 0.305 e. The average Bonchev–Trinajstić information content (AvgIpc) is 2.43. The predicted octanol–water partition coefficient (Wildman–Crippen LogP) is 3.74. The topological polar surface area (TPSA) is 52.6 Å². The summed E-state index contributed by atoms with van der Waals surface area (Å²) in [5.41, 5.74) is 2.96. The fourth-order valence-electron chi connectivity index (χ4n) is 2.06. The molecule has 0 aromatic heterocycles. The Bertz CT molecular complexity index is 542. The SMILES string of the molecule is CCc1cccc(C=C(C(C)C)C(OC(C)=O)OC(C)=O)c1. The lowest BCUT2D eigenvalue weighted by molar-refractivity contribution is -0.178. The summed E-state index contributed by atoms with van der Waals surface area (Å²) in [7, 11) is 0. The highest BCUT2D eigenvalue weighted by molar-refractivity contribution is 5.69. The second kappa shape index (κ2) is 8.37. The second-order valence-corrected chi connectivity index (χ2v) is 5.45. The van der Waals surface area contributed by atoms with Gasteiger partial charge in [-0.15, -0.1) is 0 Å². The lowest BCUT2D eigenvalue weighted by atomic mass is 9.98. The van der Waals surface area contributed by atoms with E-state index >= 15 is 0 Å². The van der Waals surface area contributed by atoms with Crippen LogP contribution in [-0.2, 0) is 25.5 Å². The van der Waals surface area contributed by atoms with E-state index in [1.165, 1.54) is 19.4 Å². The number of hydrogen-bond donors (Lipinski definition) is 0. The lowest BCUT2D eigenvalue weighted by Gasteiger charge is -2.22. The molecule has 0 heterocycles. The minimum Gasteiger partial charge on any atom is -0.421 e. The van der Waals surface area contributed by atoms with Crippen LogP contribution in [0.3, 0.4) is 0 Å². The Balaban J connectivity index is 3.18. The number of rotatable bonds is 6. The Hall–Kier alpha value is -2.10. The molecule has 0 fully saturated rings.